The monoisotopic (exact) mass is 1420 g/mol. The van der Waals surface area contributed by atoms with E-state index < -0.39 is 83.4 Å². The highest BCUT2D eigenvalue weighted by molar-refractivity contribution is 6.08. The number of H-pyrrole nitrogens is 1. The highest BCUT2D eigenvalue weighted by Gasteiger charge is 2.30. The number of amides is 9. The van der Waals surface area contributed by atoms with Gasteiger partial charge in [0.25, 0.3) is 23.6 Å². The fraction of sp³-hybridized carbons (Fsp3) is 0.328. The van der Waals surface area contributed by atoms with Gasteiger partial charge in [0.15, 0.2) is 23.8 Å². The first-order valence-corrected chi connectivity index (χ1v) is 32.3. The Morgan fingerprint density at radius 3 is 1.02 bits per heavy atom. The summed E-state index contributed by atoms with van der Waals surface area (Å²) >= 11 is 0. The van der Waals surface area contributed by atoms with Crippen LogP contribution in [-0.2, 0) is 30.4 Å². The summed E-state index contributed by atoms with van der Waals surface area (Å²) in [5.74, 6) is -7.97. The molecule has 1 aromatic heterocycles. The van der Waals surface area contributed by atoms with Crippen LogP contribution < -0.4 is 117 Å². The van der Waals surface area contributed by atoms with Crippen molar-refractivity contribution >= 4 is 111 Å². The van der Waals surface area contributed by atoms with Gasteiger partial charge >= 0.3 is 0 Å². The van der Waals surface area contributed by atoms with Gasteiger partial charge in [-0.05, 0) is 136 Å². The molecule has 0 saturated heterocycles. The molecule has 0 fully saturated rings. The maximum Gasteiger partial charge on any atom is 0.255 e. The second kappa shape index (κ2) is 39.0. The summed E-state index contributed by atoms with van der Waals surface area (Å²) in [6, 6.07) is 18.0. The molecule has 5 atom stereocenters. The van der Waals surface area contributed by atoms with Crippen LogP contribution in [0.15, 0.2) is 103 Å². The van der Waals surface area contributed by atoms with Gasteiger partial charge in [0, 0.05) is 72.4 Å². The molecule has 5 aromatic carbocycles. The van der Waals surface area contributed by atoms with Crippen molar-refractivity contribution in [2.45, 2.75) is 88.0 Å². The number of carbonyl (C=O) groups is 9. The molecule has 29 N–H and O–H groups in total. The molecular formula is C67H89N23O13. The minimum Gasteiger partial charge on any atom is -0.496 e. The van der Waals surface area contributed by atoms with E-state index in [0.29, 0.717) is 13.0 Å². The number of methoxy groups -OCH3 is 4. The first-order valence-electron chi connectivity index (χ1n) is 32.3. The zero-order chi connectivity index (χ0) is 75.3. The lowest BCUT2D eigenvalue weighted by Crippen LogP contribution is -2.46. The quantitative estimate of drug-likeness (QED) is 0.0142. The van der Waals surface area contributed by atoms with Crippen molar-refractivity contribution in [3.8, 4) is 23.0 Å². The molecule has 0 spiro atoms. The number of carbonyl (C=O) groups excluding carboxylic acids is 9. The normalized spacial score (nSPS) is 12.2. The van der Waals surface area contributed by atoms with Gasteiger partial charge in [-0.1, -0.05) is 18.2 Å². The van der Waals surface area contributed by atoms with Crippen LogP contribution in [0.4, 0.5) is 22.7 Å². The number of primary amides is 1. The summed E-state index contributed by atoms with van der Waals surface area (Å²) in [6.45, 7) is 0.669. The van der Waals surface area contributed by atoms with Gasteiger partial charge in [0.05, 0.1) is 56.7 Å². The number of para-hydroxylation sites is 1. The van der Waals surface area contributed by atoms with Gasteiger partial charge in [-0.2, -0.15) is 0 Å². The Morgan fingerprint density at radius 1 is 0.408 bits per heavy atom. The number of nitrogens with two attached hydrogens (primary N) is 6. The first kappa shape index (κ1) is 79.1. The SMILES string of the molecule is COc1ccc(NC(=O)[C@H](CCCNC(=N)N)NC(=O)c2cc(NC(=O)[C@H](CCCNC(=N)N)NC(=O)c3cc(NC(=O)[C@H](CCCNC(=N)N)NC(=O)c4cc(NC(=O)[C@@H](N)CCCNC(=N)N)ccc4OC)ccc3OC)ccc2OC)cc1C(=O)N[C@@H](Cc1c[nH]c2ccccc12)C(N)=O. The molecule has 36 nitrogen and oxygen atoms in total. The number of hydrogen-bond donors (Lipinski definition) is 23. The van der Waals surface area contributed by atoms with Gasteiger partial charge in [-0.3, -0.25) is 64.8 Å². The molecule has 103 heavy (non-hydrogen) atoms. The van der Waals surface area contributed by atoms with E-state index in [1.807, 2.05) is 24.3 Å². The molecule has 0 radical (unpaired) electrons. The number of nitrogens with one attached hydrogen (secondary N) is 17. The Balaban J connectivity index is 1.20. The fourth-order valence-electron chi connectivity index (χ4n) is 10.5. The summed E-state index contributed by atoms with van der Waals surface area (Å²) in [6.07, 6.45) is 2.88. The average Bonchev–Trinajstić information content (AvgIpc) is 1.79. The molecule has 36 heteroatoms. The number of guanidine groups is 4. The third kappa shape index (κ3) is 24.2. The number of aromatic amines is 1. The summed E-state index contributed by atoms with van der Waals surface area (Å²) < 4.78 is 22.1. The van der Waals surface area contributed by atoms with Crippen molar-refractivity contribution in [3.63, 3.8) is 0 Å². The Labute approximate surface area is 592 Å². The van der Waals surface area contributed by atoms with Crippen LogP contribution in [0, 0.1) is 21.6 Å². The number of hydrogen-bond acceptors (Lipinski definition) is 18. The smallest absolute Gasteiger partial charge is 0.255 e. The molecule has 0 aliphatic carbocycles. The third-order valence-electron chi connectivity index (χ3n) is 15.8. The van der Waals surface area contributed by atoms with Crippen LogP contribution in [0.1, 0.15) is 98.4 Å². The van der Waals surface area contributed by atoms with E-state index in [-0.39, 0.29) is 163 Å². The van der Waals surface area contributed by atoms with Crippen molar-refractivity contribution < 1.29 is 62.1 Å². The van der Waals surface area contributed by atoms with E-state index in [4.69, 9.17) is 75.0 Å². The molecule has 6 rings (SSSR count). The largest absolute Gasteiger partial charge is 0.496 e. The number of rotatable bonds is 39. The molecule has 1 heterocycles. The second-order valence-corrected chi connectivity index (χ2v) is 23.2. The lowest BCUT2D eigenvalue weighted by molar-refractivity contribution is -0.120. The van der Waals surface area contributed by atoms with Gasteiger partial charge in [-0.25, -0.2) is 0 Å². The molecule has 9 amide bonds. The van der Waals surface area contributed by atoms with Gasteiger partial charge in [0.1, 0.15) is 47.2 Å². The van der Waals surface area contributed by atoms with Crippen molar-refractivity contribution in [1.29, 1.82) is 21.6 Å². The zero-order valence-electron chi connectivity index (χ0n) is 57.2. The van der Waals surface area contributed by atoms with Gasteiger partial charge in [0.2, 0.25) is 29.5 Å². The number of ether oxygens (including phenoxy) is 4. The highest BCUT2D eigenvalue weighted by atomic mass is 16.5. The predicted molar refractivity (Wildman–Crippen MR) is 387 cm³/mol. The maximum atomic E-state index is 14.5. The molecule has 0 unspecified atom stereocenters. The minimum atomic E-state index is -1.36. The maximum absolute atomic E-state index is 14.5. The molecule has 6 aromatic rings. The predicted octanol–water partition coefficient (Wildman–Crippen LogP) is 0.559. The molecular weight excluding hydrogens is 1330 g/mol. The van der Waals surface area contributed by atoms with E-state index in [0.717, 1.165) is 16.5 Å². The highest BCUT2D eigenvalue weighted by Crippen LogP contribution is 2.29. The standard InChI is InChI=1S/C67H89N23O13/c1-100-51-21-17-36(83-60(96)45(68)12-7-25-78-64(70)71)30-41(51)56(92)87-47(14-8-26-79-65(72)73)61(97)84-37-18-22-52(101-2)42(31-37)57(93)88-48(15-9-27-80-66(74)75)62(98)85-38-19-23-53(102-3)43(32-38)58(94)89-49(16-10-28-81-67(76)77)63(99)86-39-20-24-54(103-4)44(33-39)59(95)90-50(55(69)91)29-35-34-82-46-13-6-5-11-40(35)46/h5-6,11,13,17-24,30-34,45,47-50,82H,7-10,12,14-16,25-29,68H2,1-4H3,(H2,69,91)(H,83,96)(H,84,97)(H,85,98)(H,86,99)(H,87,92)(H,88,93)(H,89,94)(H,90,95)(H4,70,71,78)(H4,72,73,79)(H4,74,75,80)(H4,76,77,81)/t45-,47-,48-,49-,50-/m0/s1. The molecule has 0 saturated carbocycles. The second-order valence-electron chi connectivity index (χ2n) is 23.2. The number of anilines is 4. The number of benzene rings is 5. The van der Waals surface area contributed by atoms with E-state index in [2.05, 4.69) is 68.8 Å². The van der Waals surface area contributed by atoms with Gasteiger partial charge < -0.3 is 122 Å². The van der Waals surface area contributed by atoms with Crippen LogP contribution in [-0.4, -0.2) is 167 Å². The minimum absolute atomic E-state index is 0.00999. The van der Waals surface area contributed by atoms with E-state index in [1.165, 1.54) is 101 Å². The van der Waals surface area contributed by atoms with Crippen molar-refractivity contribution in [2.75, 3.05) is 75.9 Å². The van der Waals surface area contributed by atoms with Crippen LogP contribution in [0.5, 0.6) is 23.0 Å². The Bertz CT molecular complexity index is 4090. The Kier molecular flexibility index (Phi) is 30.0. The molecule has 0 aliphatic rings. The zero-order valence-corrected chi connectivity index (χ0v) is 57.2. The first-order chi connectivity index (χ1) is 49.2. The van der Waals surface area contributed by atoms with Crippen LogP contribution in [0.25, 0.3) is 10.9 Å². The van der Waals surface area contributed by atoms with Crippen LogP contribution >= 0.6 is 0 Å². The molecule has 550 valence electrons. The van der Waals surface area contributed by atoms with Gasteiger partial charge in [-0.15, -0.1) is 0 Å². The summed E-state index contributed by atoms with van der Waals surface area (Å²) in [4.78, 5) is 129. The van der Waals surface area contributed by atoms with Crippen LogP contribution in [0.2, 0.25) is 0 Å². The fourth-order valence-corrected chi connectivity index (χ4v) is 10.5. The third-order valence-corrected chi connectivity index (χ3v) is 15.8. The van der Waals surface area contributed by atoms with Crippen LogP contribution in [0.3, 0.4) is 0 Å². The van der Waals surface area contributed by atoms with Crippen molar-refractivity contribution in [2.24, 2.45) is 34.4 Å². The van der Waals surface area contributed by atoms with E-state index in [9.17, 15) is 43.2 Å². The number of aromatic nitrogens is 1. The summed E-state index contributed by atoms with van der Waals surface area (Å²) in [5.41, 5.74) is 35.2. The summed E-state index contributed by atoms with van der Waals surface area (Å²) in [7, 11) is 5.23. The Hall–Kier alpha value is -12.9. The lowest BCUT2D eigenvalue weighted by atomic mass is 10.0. The molecule has 0 aliphatic heterocycles. The topological polar surface area (TPSA) is 602 Å². The van der Waals surface area contributed by atoms with E-state index >= 15 is 0 Å². The van der Waals surface area contributed by atoms with Crippen molar-refractivity contribution in [1.82, 2.24) is 47.5 Å². The molecule has 0 bridgehead atoms. The number of fused-ring (bicyclic) bond motifs is 1. The van der Waals surface area contributed by atoms with E-state index in [1.54, 1.807) is 6.20 Å². The summed E-state index contributed by atoms with van der Waals surface area (Å²) in [5, 5.41) is 63.3. The van der Waals surface area contributed by atoms with Crippen molar-refractivity contribution in [3.05, 3.63) is 131 Å². The Morgan fingerprint density at radius 2 is 0.709 bits per heavy atom. The lowest BCUT2D eigenvalue weighted by Gasteiger charge is -2.22. The average molecular weight is 1420 g/mol.